The standard InChI is InChI=1S/C18H17F3N2O2/c1-10-8-12(10)14-6-7-15(25-14)16-22-13-5-3-2-4-11(13)17(24)23(16)9-18(19,20)21/h2-7,10,12,16,22H,8-9H2,1H3/t10-,12-,16+/m1/s1. The zero-order valence-electron chi connectivity index (χ0n) is 13.5. The molecule has 1 fully saturated rings. The van der Waals surface area contributed by atoms with Crippen molar-refractivity contribution >= 4 is 11.6 Å². The largest absolute Gasteiger partial charge is 0.462 e. The maximum atomic E-state index is 13.0. The fraction of sp³-hybridized carbons (Fsp3) is 0.389. The van der Waals surface area contributed by atoms with Crippen molar-refractivity contribution in [2.75, 3.05) is 11.9 Å². The van der Waals surface area contributed by atoms with Crippen LogP contribution in [0.2, 0.25) is 0 Å². The zero-order valence-corrected chi connectivity index (χ0v) is 13.5. The molecule has 132 valence electrons. The number of alkyl halides is 3. The summed E-state index contributed by atoms with van der Waals surface area (Å²) < 4.78 is 44.9. The quantitative estimate of drug-likeness (QED) is 0.884. The van der Waals surface area contributed by atoms with Gasteiger partial charge >= 0.3 is 6.18 Å². The monoisotopic (exact) mass is 350 g/mol. The van der Waals surface area contributed by atoms with Crippen LogP contribution in [0.4, 0.5) is 18.9 Å². The van der Waals surface area contributed by atoms with Crippen molar-refractivity contribution in [2.45, 2.75) is 31.6 Å². The highest BCUT2D eigenvalue weighted by molar-refractivity contribution is 6.01. The lowest BCUT2D eigenvalue weighted by Crippen LogP contribution is -2.47. The smallest absolute Gasteiger partial charge is 0.406 e. The van der Waals surface area contributed by atoms with E-state index in [2.05, 4.69) is 12.2 Å². The number of anilines is 1. The van der Waals surface area contributed by atoms with Gasteiger partial charge in [-0.05, 0) is 36.6 Å². The highest BCUT2D eigenvalue weighted by Gasteiger charge is 2.43. The van der Waals surface area contributed by atoms with Crippen LogP contribution in [-0.2, 0) is 0 Å². The normalized spacial score (nSPS) is 25.5. The second-order valence-electron chi connectivity index (χ2n) is 6.70. The molecular formula is C18H17F3N2O2. The number of furan rings is 1. The van der Waals surface area contributed by atoms with Crippen LogP contribution in [0.3, 0.4) is 0 Å². The van der Waals surface area contributed by atoms with Gasteiger partial charge in [0.05, 0.1) is 5.56 Å². The van der Waals surface area contributed by atoms with Gasteiger partial charge in [-0.1, -0.05) is 19.1 Å². The van der Waals surface area contributed by atoms with Crippen molar-refractivity contribution in [3.63, 3.8) is 0 Å². The zero-order chi connectivity index (χ0) is 17.8. The van der Waals surface area contributed by atoms with Gasteiger partial charge in [-0.3, -0.25) is 4.79 Å². The molecule has 1 saturated carbocycles. The van der Waals surface area contributed by atoms with Gasteiger partial charge in [0.1, 0.15) is 18.1 Å². The minimum atomic E-state index is -4.50. The Labute approximate surface area is 142 Å². The van der Waals surface area contributed by atoms with Crippen LogP contribution in [0, 0.1) is 5.92 Å². The maximum absolute atomic E-state index is 13.0. The second kappa shape index (κ2) is 5.54. The van der Waals surface area contributed by atoms with Gasteiger partial charge in [-0.25, -0.2) is 0 Å². The van der Waals surface area contributed by atoms with Crippen LogP contribution in [0.1, 0.15) is 47.3 Å². The fourth-order valence-corrected chi connectivity index (χ4v) is 3.31. The van der Waals surface area contributed by atoms with E-state index in [0.29, 0.717) is 23.3 Å². The predicted octanol–water partition coefficient (Wildman–Crippen LogP) is 4.53. The second-order valence-corrected chi connectivity index (χ2v) is 6.70. The minimum Gasteiger partial charge on any atom is -0.462 e. The van der Waals surface area contributed by atoms with Crippen LogP contribution in [0.25, 0.3) is 0 Å². The van der Waals surface area contributed by atoms with Crippen LogP contribution in [-0.4, -0.2) is 23.5 Å². The van der Waals surface area contributed by atoms with Gasteiger partial charge in [0.2, 0.25) is 0 Å². The Bertz CT molecular complexity index is 815. The molecule has 0 saturated heterocycles. The highest BCUT2D eigenvalue weighted by atomic mass is 19.4. The molecule has 4 rings (SSSR count). The molecule has 2 aromatic rings. The molecule has 1 aliphatic carbocycles. The number of hydrogen-bond donors (Lipinski definition) is 1. The number of rotatable bonds is 3. The lowest BCUT2D eigenvalue weighted by atomic mass is 10.1. The van der Waals surface area contributed by atoms with Crippen LogP contribution in [0.15, 0.2) is 40.8 Å². The summed E-state index contributed by atoms with van der Waals surface area (Å²) in [6.07, 6.45) is -4.46. The van der Waals surface area contributed by atoms with Crippen molar-refractivity contribution in [3.8, 4) is 0 Å². The number of nitrogens with one attached hydrogen (secondary N) is 1. The van der Waals surface area contributed by atoms with E-state index < -0.39 is 24.8 Å². The minimum absolute atomic E-state index is 0.227. The summed E-state index contributed by atoms with van der Waals surface area (Å²) in [4.78, 5) is 13.4. The maximum Gasteiger partial charge on any atom is 0.406 e. The van der Waals surface area contributed by atoms with E-state index in [0.717, 1.165) is 17.1 Å². The third-order valence-electron chi connectivity index (χ3n) is 4.76. The molecule has 0 unspecified atom stereocenters. The first-order valence-electron chi connectivity index (χ1n) is 8.16. The molecule has 1 aromatic carbocycles. The summed E-state index contributed by atoms with van der Waals surface area (Å²) in [5.74, 6) is 1.27. The van der Waals surface area contributed by atoms with E-state index in [9.17, 15) is 18.0 Å². The number of para-hydroxylation sites is 1. The van der Waals surface area contributed by atoms with Crippen LogP contribution >= 0.6 is 0 Å². The predicted molar refractivity (Wildman–Crippen MR) is 85.1 cm³/mol. The van der Waals surface area contributed by atoms with Crippen molar-refractivity contribution in [1.82, 2.24) is 4.90 Å². The molecule has 1 amide bonds. The first kappa shape index (κ1) is 16.1. The molecule has 3 atom stereocenters. The SMILES string of the molecule is C[C@@H]1C[C@H]1c1ccc([C@H]2Nc3ccccc3C(=O)N2CC(F)(F)F)o1. The van der Waals surface area contributed by atoms with Gasteiger partial charge in [0.15, 0.2) is 6.17 Å². The molecule has 25 heavy (non-hydrogen) atoms. The van der Waals surface area contributed by atoms with E-state index >= 15 is 0 Å². The van der Waals surface area contributed by atoms with Gasteiger partial charge < -0.3 is 14.6 Å². The van der Waals surface area contributed by atoms with E-state index in [1.165, 1.54) is 6.07 Å². The Morgan fingerprint density at radius 2 is 1.88 bits per heavy atom. The number of fused-ring (bicyclic) bond motifs is 1. The van der Waals surface area contributed by atoms with E-state index in [1.807, 2.05) is 0 Å². The molecule has 1 N–H and O–H groups in total. The van der Waals surface area contributed by atoms with Crippen molar-refractivity contribution < 1.29 is 22.4 Å². The molecule has 4 nitrogen and oxygen atoms in total. The summed E-state index contributed by atoms with van der Waals surface area (Å²) in [6.45, 7) is 0.759. The average molecular weight is 350 g/mol. The average Bonchev–Trinajstić information content (AvgIpc) is 3.08. The molecule has 7 heteroatoms. The number of carbonyl (C=O) groups is 1. The molecule has 0 spiro atoms. The van der Waals surface area contributed by atoms with E-state index in [-0.39, 0.29) is 5.56 Å². The first-order valence-corrected chi connectivity index (χ1v) is 8.16. The third-order valence-corrected chi connectivity index (χ3v) is 4.76. The number of amides is 1. The summed E-state index contributed by atoms with van der Waals surface area (Å²) >= 11 is 0. The lowest BCUT2D eigenvalue weighted by molar-refractivity contribution is -0.144. The van der Waals surface area contributed by atoms with Gasteiger partial charge in [-0.2, -0.15) is 13.2 Å². The molecule has 1 aliphatic heterocycles. The topological polar surface area (TPSA) is 45.5 Å². The number of carbonyl (C=O) groups excluding carboxylic acids is 1. The molecule has 0 bridgehead atoms. The number of halogens is 3. The Morgan fingerprint density at radius 1 is 1.20 bits per heavy atom. The summed E-state index contributed by atoms with van der Waals surface area (Å²) in [6, 6.07) is 10.0. The molecule has 0 radical (unpaired) electrons. The summed E-state index contributed by atoms with van der Waals surface area (Å²) in [7, 11) is 0. The van der Waals surface area contributed by atoms with Gasteiger partial charge in [-0.15, -0.1) is 0 Å². The third kappa shape index (κ3) is 2.99. The van der Waals surface area contributed by atoms with Crippen molar-refractivity contribution in [1.29, 1.82) is 0 Å². The lowest BCUT2D eigenvalue weighted by Gasteiger charge is -2.37. The summed E-state index contributed by atoms with van der Waals surface area (Å²) in [5.41, 5.74) is 0.735. The number of nitrogens with zero attached hydrogens (tertiary/aromatic N) is 1. The van der Waals surface area contributed by atoms with Crippen molar-refractivity contribution in [3.05, 3.63) is 53.5 Å². The molecule has 2 aliphatic rings. The van der Waals surface area contributed by atoms with Crippen LogP contribution < -0.4 is 5.32 Å². The first-order chi connectivity index (χ1) is 11.8. The van der Waals surface area contributed by atoms with Crippen molar-refractivity contribution in [2.24, 2.45) is 5.92 Å². The Hall–Kier alpha value is -2.44. The molecular weight excluding hydrogens is 333 g/mol. The molecule has 2 heterocycles. The summed E-state index contributed by atoms with van der Waals surface area (Å²) in [5, 5.41) is 3.01. The Kier molecular flexibility index (Phi) is 3.56. The fourth-order valence-electron chi connectivity index (χ4n) is 3.31. The van der Waals surface area contributed by atoms with Crippen LogP contribution in [0.5, 0.6) is 0 Å². The van der Waals surface area contributed by atoms with Gasteiger partial charge in [0.25, 0.3) is 5.91 Å². The van der Waals surface area contributed by atoms with E-state index in [1.54, 1.807) is 30.3 Å². The number of benzene rings is 1. The highest BCUT2D eigenvalue weighted by Crippen LogP contribution is 2.48. The number of hydrogen-bond acceptors (Lipinski definition) is 3. The Balaban J connectivity index is 1.70. The van der Waals surface area contributed by atoms with Gasteiger partial charge in [0, 0.05) is 11.6 Å². The Morgan fingerprint density at radius 3 is 2.56 bits per heavy atom. The molecule has 1 aromatic heterocycles. The van der Waals surface area contributed by atoms with E-state index in [4.69, 9.17) is 4.42 Å².